The second-order valence-electron chi connectivity index (χ2n) is 9.26. The number of carbonyl (C=O) groups excluding carboxylic acids is 2. The van der Waals surface area contributed by atoms with Gasteiger partial charge in [0.25, 0.3) is 5.56 Å². The highest BCUT2D eigenvalue weighted by Crippen LogP contribution is 2.22. The fourth-order valence-electron chi connectivity index (χ4n) is 4.70. The van der Waals surface area contributed by atoms with Crippen molar-refractivity contribution in [2.45, 2.75) is 32.9 Å². The highest BCUT2D eigenvalue weighted by atomic mass is 16.2. The molecule has 10 heteroatoms. The Hall–Kier alpha value is -4.73. The van der Waals surface area contributed by atoms with Crippen LogP contribution in [0.2, 0.25) is 0 Å². The van der Waals surface area contributed by atoms with Crippen LogP contribution in [0.15, 0.2) is 76.3 Å². The summed E-state index contributed by atoms with van der Waals surface area (Å²) in [7, 11) is 0. The Kier molecular flexibility index (Phi) is 7.03. The minimum absolute atomic E-state index is 0.000735. The van der Waals surface area contributed by atoms with E-state index in [0.717, 1.165) is 22.2 Å². The zero-order valence-electron chi connectivity index (χ0n) is 21.0. The van der Waals surface area contributed by atoms with Crippen molar-refractivity contribution in [3.8, 4) is 0 Å². The SMILES string of the molecule is Cc1cc(NC(=O)Cn2c(=O)n(CCC(=O)N3CC=C(c4ccccc4)CC3)c(=O)c3ccccc32)n[nH]1. The third kappa shape index (κ3) is 5.19. The Morgan fingerprint density at radius 1 is 1.03 bits per heavy atom. The summed E-state index contributed by atoms with van der Waals surface area (Å²) in [6, 6.07) is 18.4. The third-order valence-electron chi connectivity index (χ3n) is 6.66. The van der Waals surface area contributed by atoms with Crippen molar-refractivity contribution in [1.82, 2.24) is 24.2 Å². The number of anilines is 1. The van der Waals surface area contributed by atoms with Crippen LogP contribution in [0.3, 0.4) is 0 Å². The van der Waals surface area contributed by atoms with Gasteiger partial charge in [0.05, 0.1) is 10.9 Å². The highest BCUT2D eigenvalue weighted by molar-refractivity contribution is 5.90. The lowest BCUT2D eigenvalue weighted by Gasteiger charge is -2.27. The Bertz CT molecular complexity index is 1650. The van der Waals surface area contributed by atoms with Crippen LogP contribution in [0.1, 0.15) is 24.1 Å². The number of amides is 2. The van der Waals surface area contributed by atoms with Gasteiger partial charge in [-0.05, 0) is 36.6 Å². The van der Waals surface area contributed by atoms with Gasteiger partial charge in [-0.15, -0.1) is 0 Å². The highest BCUT2D eigenvalue weighted by Gasteiger charge is 2.20. The first-order valence-electron chi connectivity index (χ1n) is 12.5. The van der Waals surface area contributed by atoms with Crippen molar-refractivity contribution in [2.75, 3.05) is 18.4 Å². The number of aryl methyl sites for hydroxylation is 1. The second-order valence-corrected chi connectivity index (χ2v) is 9.26. The largest absolute Gasteiger partial charge is 0.339 e. The smallest absolute Gasteiger partial charge is 0.331 e. The first kappa shape index (κ1) is 24.9. The van der Waals surface area contributed by atoms with Gasteiger partial charge in [-0.1, -0.05) is 48.5 Å². The van der Waals surface area contributed by atoms with E-state index in [9.17, 15) is 19.2 Å². The van der Waals surface area contributed by atoms with Crippen molar-refractivity contribution in [3.05, 3.63) is 98.8 Å². The maximum Gasteiger partial charge on any atom is 0.331 e. The summed E-state index contributed by atoms with van der Waals surface area (Å²) < 4.78 is 2.30. The molecule has 0 atom stereocenters. The van der Waals surface area contributed by atoms with Crippen molar-refractivity contribution in [3.63, 3.8) is 0 Å². The van der Waals surface area contributed by atoms with E-state index >= 15 is 0 Å². The lowest BCUT2D eigenvalue weighted by atomic mass is 9.99. The number of carbonyl (C=O) groups is 2. The summed E-state index contributed by atoms with van der Waals surface area (Å²) in [6.45, 7) is 2.47. The number of hydrogen-bond acceptors (Lipinski definition) is 5. The predicted octanol–water partition coefficient (Wildman–Crippen LogP) is 2.54. The first-order chi connectivity index (χ1) is 18.4. The van der Waals surface area contributed by atoms with Crippen molar-refractivity contribution in [2.24, 2.45) is 0 Å². The topological polar surface area (TPSA) is 122 Å². The molecule has 0 saturated carbocycles. The number of aromatic amines is 1. The Labute approximate surface area is 218 Å². The van der Waals surface area contributed by atoms with E-state index in [-0.39, 0.29) is 25.4 Å². The molecule has 10 nitrogen and oxygen atoms in total. The molecule has 0 spiro atoms. The minimum Gasteiger partial charge on any atom is -0.339 e. The van der Waals surface area contributed by atoms with E-state index < -0.39 is 17.2 Å². The molecule has 3 heterocycles. The van der Waals surface area contributed by atoms with Crippen LogP contribution in [-0.4, -0.2) is 49.1 Å². The number of hydrogen-bond donors (Lipinski definition) is 2. The van der Waals surface area contributed by atoms with Crippen LogP contribution in [0.25, 0.3) is 16.5 Å². The molecule has 38 heavy (non-hydrogen) atoms. The van der Waals surface area contributed by atoms with Gasteiger partial charge in [-0.3, -0.25) is 28.6 Å². The molecule has 2 aromatic heterocycles. The van der Waals surface area contributed by atoms with E-state index in [1.807, 2.05) is 24.3 Å². The molecule has 1 aliphatic heterocycles. The molecule has 0 saturated heterocycles. The van der Waals surface area contributed by atoms with Crippen LogP contribution >= 0.6 is 0 Å². The number of nitrogens with one attached hydrogen (secondary N) is 2. The molecule has 1 aliphatic rings. The molecule has 4 aromatic rings. The molecule has 0 unspecified atom stereocenters. The summed E-state index contributed by atoms with van der Waals surface area (Å²) >= 11 is 0. The Morgan fingerprint density at radius 3 is 2.50 bits per heavy atom. The molecule has 2 N–H and O–H groups in total. The van der Waals surface area contributed by atoms with E-state index in [0.29, 0.717) is 29.8 Å². The van der Waals surface area contributed by atoms with E-state index in [2.05, 4.69) is 27.6 Å². The maximum atomic E-state index is 13.4. The van der Waals surface area contributed by atoms with Crippen LogP contribution in [-0.2, 0) is 22.7 Å². The van der Waals surface area contributed by atoms with Gasteiger partial charge in [-0.2, -0.15) is 5.10 Å². The fourth-order valence-corrected chi connectivity index (χ4v) is 4.70. The van der Waals surface area contributed by atoms with Crippen LogP contribution in [0.5, 0.6) is 0 Å². The third-order valence-corrected chi connectivity index (χ3v) is 6.66. The zero-order valence-corrected chi connectivity index (χ0v) is 21.0. The molecule has 5 rings (SSSR count). The van der Waals surface area contributed by atoms with Crippen LogP contribution in [0.4, 0.5) is 5.82 Å². The van der Waals surface area contributed by atoms with Gasteiger partial charge in [0, 0.05) is 37.8 Å². The van der Waals surface area contributed by atoms with E-state index in [4.69, 9.17) is 0 Å². The van der Waals surface area contributed by atoms with Gasteiger partial charge < -0.3 is 10.2 Å². The quantitative estimate of drug-likeness (QED) is 0.394. The molecular formula is C28H28N6O4. The lowest BCUT2D eigenvalue weighted by Crippen LogP contribution is -2.43. The van der Waals surface area contributed by atoms with Crippen LogP contribution in [0, 0.1) is 6.92 Å². The molecular weight excluding hydrogens is 484 g/mol. The number of H-pyrrole nitrogens is 1. The number of fused-ring (bicyclic) bond motifs is 1. The summed E-state index contributed by atoms with van der Waals surface area (Å²) in [4.78, 5) is 54.0. The molecule has 2 amide bonds. The predicted molar refractivity (Wildman–Crippen MR) is 145 cm³/mol. The number of para-hydroxylation sites is 1. The zero-order chi connectivity index (χ0) is 26.6. The summed E-state index contributed by atoms with van der Waals surface area (Å²) in [5.74, 6) is -0.250. The molecule has 194 valence electrons. The number of benzene rings is 2. The average molecular weight is 513 g/mol. The van der Waals surface area contributed by atoms with Gasteiger partial charge in [0.2, 0.25) is 11.8 Å². The summed E-state index contributed by atoms with van der Waals surface area (Å²) in [5, 5.41) is 9.68. The number of aromatic nitrogens is 4. The second kappa shape index (κ2) is 10.7. The molecule has 0 aliphatic carbocycles. The average Bonchev–Trinajstić information content (AvgIpc) is 3.35. The monoisotopic (exact) mass is 512 g/mol. The summed E-state index contributed by atoms with van der Waals surface area (Å²) in [6.07, 6.45) is 2.79. The molecule has 0 radical (unpaired) electrons. The first-order valence-corrected chi connectivity index (χ1v) is 12.5. The van der Waals surface area contributed by atoms with Crippen molar-refractivity contribution >= 4 is 34.1 Å². The maximum absolute atomic E-state index is 13.4. The van der Waals surface area contributed by atoms with E-state index in [1.165, 1.54) is 10.1 Å². The van der Waals surface area contributed by atoms with Gasteiger partial charge in [0.1, 0.15) is 6.54 Å². The van der Waals surface area contributed by atoms with Crippen molar-refractivity contribution in [1.29, 1.82) is 0 Å². The van der Waals surface area contributed by atoms with Gasteiger partial charge >= 0.3 is 5.69 Å². The molecule has 2 aromatic carbocycles. The Morgan fingerprint density at radius 2 is 1.79 bits per heavy atom. The number of rotatable bonds is 7. The number of nitrogens with zero attached hydrogens (tertiary/aromatic N) is 4. The lowest BCUT2D eigenvalue weighted by molar-refractivity contribution is -0.131. The summed E-state index contributed by atoms with van der Waals surface area (Å²) in [5.41, 5.74) is 2.36. The minimum atomic E-state index is -0.639. The Balaban J connectivity index is 1.34. The van der Waals surface area contributed by atoms with Crippen LogP contribution < -0.4 is 16.6 Å². The molecule has 0 bridgehead atoms. The van der Waals surface area contributed by atoms with Gasteiger partial charge in [-0.25, -0.2) is 4.79 Å². The standard InChI is InChI=1S/C28H28N6O4/c1-19-17-24(31-30-19)29-25(35)18-34-23-10-6-5-9-22(23)27(37)33(28(34)38)16-13-26(36)32-14-11-21(12-15-32)20-7-3-2-4-8-20/h2-11,17H,12-16,18H2,1H3,(H2,29,30,31,35). The normalized spacial score (nSPS) is 13.4. The van der Waals surface area contributed by atoms with Gasteiger partial charge in [0.15, 0.2) is 5.82 Å². The molecule has 0 fully saturated rings. The fraction of sp³-hybridized carbons (Fsp3) is 0.250. The van der Waals surface area contributed by atoms with E-state index in [1.54, 1.807) is 42.2 Å². The van der Waals surface area contributed by atoms with Crippen molar-refractivity contribution < 1.29 is 9.59 Å².